The van der Waals surface area contributed by atoms with E-state index in [0.29, 0.717) is 0 Å². The lowest BCUT2D eigenvalue weighted by atomic mass is 10.2. The van der Waals surface area contributed by atoms with E-state index in [-0.39, 0.29) is 9.26 Å². The van der Waals surface area contributed by atoms with Gasteiger partial charge in [0.25, 0.3) is 6.43 Å². The molecule has 0 spiro atoms. The van der Waals surface area contributed by atoms with Gasteiger partial charge < -0.3 is 10.1 Å². The molecule has 0 saturated carbocycles. The molecule has 0 aliphatic rings. The van der Waals surface area contributed by atoms with Crippen molar-refractivity contribution in [1.29, 1.82) is 0 Å². The zero-order valence-electron chi connectivity index (χ0n) is 6.35. The van der Waals surface area contributed by atoms with Crippen molar-refractivity contribution in [3.63, 3.8) is 0 Å². The summed E-state index contributed by atoms with van der Waals surface area (Å²) >= 11 is 1.66. The van der Waals surface area contributed by atoms with Gasteiger partial charge in [-0.3, -0.25) is 4.79 Å². The molecular formula is C7H6F2INO2. The summed E-state index contributed by atoms with van der Waals surface area (Å²) in [5.41, 5.74) is -1.49. The highest BCUT2D eigenvalue weighted by atomic mass is 127. The van der Waals surface area contributed by atoms with E-state index in [0.717, 1.165) is 0 Å². The Morgan fingerprint density at radius 2 is 2.23 bits per heavy atom. The van der Waals surface area contributed by atoms with Crippen LogP contribution in [0.1, 0.15) is 17.7 Å². The molecule has 0 atom stereocenters. The summed E-state index contributed by atoms with van der Waals surface area (Å²) < 4.78 is 24.8. The van der Waals surface area contributed by atoms with Gasteiger partial charge in [0.15, 0.2) is 0 Å². The maximum absolute atomic E-state index is 12.3. The van der Waals surface area contributed by atoms with Gasteiger partial charge >= 0.3 is 0 Å². The third-order valence-corrected chi connectivity index (χ3v) is 2.34. The van der Waals surface area contributed by atoms with Crippen molar-refractivity contribution < 1.29 is 13.9 Å². The smallest absolute Gasteiger partial charge is 0.269 e. The number of aromatic amines is 1. The molecule has 1 aromatic rings. The van der Waals surface area contributed by atoms with Crippen molar-refractivity contribution in [3.05, 3.63) is 31.2 Å². The van der Waals surface area contributed by atoms with Gasteiger partial charge in [-0.05, 0) is 22.6 Å². The van der Waals surface area contributed by atoms with E-state index in [1.54, 1.807) is 22.6 Å². The van der Waals surface area contributed by atoms with Gasteiger partial charge in [0.1, 0.15) is 0 Å². The van der Waals surface area contributed by atoms with Crippen molar-refractivity contribution in [2.24, 2.45) is 0 Å². The molecule has 0 unspecified atom stereocenters. The van der Waals surface area contributed by atoms with Crippen LogP contribution in [0.25, 0.3) is 0 Å². The van der Waals surface area contributed by atoms with Gasteiger partial charge in [0.05, 0.1) is 21.4 Å². The molecule has 0 saturated heterocycles. The van der Waals surface area contributed by atoms with E-state index in [1.807, 2.05) is 0 Å². The maximum atomic E-state index is 12.3. The molecule has 2 N–H and O–H groups in total. The monoisotopic (exact) mass is 301 g/mol. The largest absolute Gasteiger partial charge is 0.390 e. The lowest BCUT2D eigenvalue weighted by Crippen LogP contribution is -2.17. The third kappa shape index (κ3) is 2.05. The van der Waals surface area contributed by atoms with E-state index in [1.165, 1.54) is 6.20 Å². The van der Waals surface area contributed by atoms with E-state index in [2.05, 4.69) is 4.98 Å². The quantitative estimate of drug-likeness (QED) is 0.812. The van der Waals surface area contributed by atoms with Crippen LogP contribution in [0.15, 0.2) is 11.0 Å². The summed E-state index contributed by atoms with van der Waals surface area (Å²) in [5.74, 6) is 0. The van der Waals surface area contributed by atoms with Gasteiger partial charge in [-0.1, -0.05) is 0 Å². The number of aromatic nitrogens is 1. The predicted octanol–water partition coefficient (Wildman–Crippen LogP) is 1.41. The molecular weight excluding hydrogens is 295 g/mol. The molecule has 0 radical (unpaired) electrons. The molecule has 13 heavy (non-hydrogen) atoms. The van der Waals surface area contributed by atoms with Crippen molar-refractivity contribution in [1.82, 2.24) is 4.98 Å². The van der Waals surface area contributed by atoms with Gasteiger partial charge in [-0.2, -0.15) is 0 Å². The van der Waals surface area contributed by atoms with Crippen LogP contribution >= 0.6 is 22.6 Å². The SMILES string of the molecule is O=c1c(I)c[nH]c(CO)c1C(F)F. The van der Waals surface area contributed by atoms with Crippen LogP contribution in [0.5, 0.6) is 0 Å². The molecule has 0 aliphatic carbocycles. The van der Waals surface area contributed by atoms with Crippen LogP contribution in [0, 0.1) is 3.57 Å². The molecule has 6 heteroatoms. The third-order valence-electron chi connectivity index (χ3n) is 1.54. The Morgan fingerprint density at radius 3 is 2.69 bits per heavy atom. The summed E-state index contributed by atoms with van der Waals surface area (Å²) in [7, 11) is 0. The molecule has 0 bridgehead atoms. The molecule has 1 aromatic heterocycles. The van der Waals surface area contributed by atoms with Crippen molar-refractivity contribution in [2.75, 3.05) is 0 Å². The van der Waals surface area contributed by atoms with Crippen LogP contribution in [0.4, 0.5) is 8.78 Å². The standard InChI is InChI=1S/C7H6F2INO2/c8-7(9)5-4(2-12)11-1-3(10)6(5)13/h1,7,12H,2H2,(H,11,13). The number of alkyl halides is 2. The average molecular weight is 301 g/mol. The second kappa shape index (κ2) is 4.14. The first-order valence-electron chi connectivity index (χ1n) is 3.37. The Hall–Kier alpha value is -0.500. The Kier molecular flexibility index (Phi) is 3.37. The molecule has 3 nitrogen and oxygen atoms in total. The van der Waals surface area contributed by atoms with Crippen LogP contribution in [-0.2, 0) is 6.61 Å². The summed E-state index contributed by atoms with van der Waals surface area (Å²) in [6, 6.07) is 0. The number of aliphatic hydroxyl groups is 1. The first-order chi connectivity index (χ1) is 6.07. The summed E-state index contributed by atoms with van der Waals surface area (Å²) in [5, 5.41) is 8.68. The van der Waals surface area contributed by atoms with E-state index in [4.69, 9.17) is 5.11 Å². The number of H-pyrrole nitrogens is 1. The fourth-order valence-corrected chi connectivity index (χ4v) is 1.37. The van der Waals surface area contributed by atoms with E-state index >= 15 is 0 Å². The first-order valence-corrected chi connectivity index (χ1v) is 4.44. The highest BCUT2D eigenvalue weighted by Gasteiger charge is 2.18. The number of aliphatic hydroxyl groups excluding tert-OH is 1. The molecule has 0 aliphatic heterocycles. The number of hydrogen-bond donors (Lipinski definition) is 2. The number of rotatable bonds is 2. The molecule has 1 rings (SSSR count). The highest BCUT2D eigenvalue weighted by Crippen LogP contribution is 2.18. The van der Waals surface area contributed by atoms with Crippen LogP contribution in [0.3, 0.4) is 0 Å². The molecule has 0 aromatic carbocycles. The number of hydrogen-bond acceptors (Lipinski definition) is 2. The zero-order valence-corrected chi connectivity index (χ0v) is 8.51. The lowest BCUT2D eigenvalue weighted by Gasteiger charge is -2.05. The molecule has 1 heterocycles. The van der Waals surface area contributed by atoms with E-state index < -0.39 is 24.0 Å². The minimum Gasteiger partial charge on any atom is -0.390 e. The first kappa shape index (κ1) is 10.6. The van der Waals surface area contributed by atoms with Crippen molar-refractivity contribution in [2.45, 2.75) is 13.0 Å². The highest BCUT2D eigenvalue weighted by molar-refractivity contribution is 14.1. The fraction of sp³-hybridized carbons (Fsp3) is 0.286. The van der Waals surface area contributed by atoms with Crippen LogP contribution in [0.2, 0.25) is 0 Å². The molecule has 0 amide bonds. The van der Waals surface area contributed by atoms with Crippen molar-refractivity contribution in [3.8, 4) is 0 Å². The summed E-state index contributed by atoms with van der Waals surface area (Å²) in [4.78, 5) is 13.6. The zero-order chi connectivity index (χ0) is 10.0. The average Bonchev–Trinajstić information content (AvgIpc) is 2.08. The minimum absolute atomic E-state index is 0.125. The van der Waals surface area contributed by atoms with Gasteiger partial charge in [0, 0.05) is 6.20 Å². The van der Waals surface area contributed by atoms with Gasteiger partial charge in [-0.25, -0.2) is 8.78 Å². The fourth-order valence-electron chi connectivity index (χ4n) is 0.921. The number of nitrogens with one attached hydrogen (secondary N) is 1. The Morgan fingerprint density at radius 1 is 1.62 bits per heavy atom. The Balaban J connectivity index is 3.42. The second-order valence-electron chi connectivity index (χ2n) is 2.32. The van der Waals surface area contributed by atoms with Crippen LogP contribution < -0.4 is 5.43 Å². The lowest BCUT2D eigenvalue weighted by molar-refractivity contribution is 0.144. The second-order valence-corrected chi connectivity index (χ2v) is 3.48. The maximum Gasteiger partial charge on any atom is 0.269 e. The molecule has 0 fully saturated rings. The van der Waals surface area contributed by atoms with Crippen molar-refractivity contribution >= 4 is 22.6 Å². The Labute approximate surface area is 85.9 Å². The summed E-state index contributed by atoms with van der Waals surface area (Å²) in [6.45, 7) is -0.591. The normalized spacial score (nSPS) is 10.8. The van der Waals surface area contributed by atoms with Crippen LogP contribution in [-0.4, -0.2) is 10.1 Å². The van der Waals surface area contributed by atoms with E-state index in [9.17, 15) is 13.6 Å². The van der Waals surface area contributed by atoms with Gasteiger partial charge in [-0.15, -0.1) is 0 Å². The molecule has 72 valence electrons. The topological polar surface area (TPSA) is 53.1 Å². The summed E-state index contributed by atoms with van der Waals surface area (Å²) in [6.07, 6.45) is -1.57. The number of pyridine rings is 1. The Bertz CT molecular complexity index is 364. The predicted molar refractivity (Wildman–Crippen MR) is 50.7 cm³/mol. The van der Waals surface area contributed by atoms with Gasteiger partial charge in [0.2, 0.25) is 5.43 Å². The minimum atomic E-state index is -2.86. The number of halogens is 3.